The third kappa shape index (κ3) is 2.83. The highest BCUT2D eigenvalue weighted by atomic mass is 16.5. The van der Waals surface area contributed by atoms with E-state index < -0.39 is 24.4 Å². The SMILES string of the molecule is O=c1cc(-c2ccccc2)oc2c([C@H]3OC[C@H](O)[C@H](O)[C@H]3O)cccc12. The number of para-hydroxylation sites is 1. The normalized spacial score (nSPS) is 26.1. The lowest BCUT2D eigenvalue weighted by Gasteiger charge is -2.35. The number of fused-ring (bicyclic) bond motifs is 1. The van der Waals surface area contributed by atoms with E-state index in [2.05, 4.69) is 0 Å². The van der Waals surface area contributed by atoms with Crippen molar-refractivity contribution in [3.05, 3.63) is 70.4 Å². The maximum absolute atomic E-state index is 12.6. The lowest BCUT2D eigenvalue weighted by Crippen LogP contribution is -2.49. The summed E-state index contributed by atoms with van der Waals surface area (Å²) < 4.78 is 11.5. The number of rotatable bonds is 2. The van der Waals surface area contributed by atoms with Gasteiger partial charge in [-0.1, -0.05) is 42.5 Å². The Balaban J connectivity index is 1.88. The van der Waals surface area contributed by atoms with Crippen LogP contribution in [0, 0.1) is 0 Å². The van der Waals surface area contributed by atoms with E-state index in [-0.39, 0.29) is 12.0 Å². The van der Waals surface area contributed by atoms with Crippen molar-refractivity contribution in [1.29, 1.82) is 0 Å². The Morgan fingerprint density at radius 1 is 0.923 bits per heavy atom. The molecule has 0 aliphatic carbocycles. The smallest absolute Gasteiger partial charge is 0.193 e. The average molecular weight is 354 g/mol. The van der Waals surface area contributed by atoms with Gasteiger partial charge in [0, 0.05) is 17.2 Å². The zero-order valence-electron chi connectivity index (χ0n) is 13.8. The van der Waals surface area contributed by atoms with Crippen LogP contribution in [0.4, 0.5) is 0 Å². The fourth-order valence-electron chi connectivity index (χ4n) is 3.25. The number of hydrogen-bond donors (Lipinski definition) is 3. The largest absolute Gasteiger partial charge is 0.455 e. The van der Waals surface area contributed by atoms with Crippen LogP contribution < -0.4 is 5.43 Å². The highest BCUT2D eigenvalue weighted by Crippen LogP contribution is 2.34. The minimum Gasteiger partial charge on any atom is -0.455 e. The molecule has 26 heavy (non-hydrogen) atoms. The number of hydrogen-bond acceptors (Lipinski definition) is 6. The van der Waals surface area contributed by atoms with E-state index in [1.54, 1.807) is 18.2 Å². The van der Waals surface area contributed by atoms with E-state index in [0.717, 1.165) is 5.56 Å². The van der Waals surface area contributed by atoms with Crippen LogP contribution in [-0.2, 0) is 4.74 Å². The molecule has 6 heteroatoms. The fourth-order valence-corrected chi connectivity index (χ4v) is 3.25. The van der Waals surface area contributed by atoms with Gasteiger partial charge in [0.15, 0.2) is 5.43 Å². The van der Waals surface area contributed by atoms with E-state index in [1.165, 1.54) is 6.07 Å². The maximum Gasteiger partial charge on any atom is 0.193 e. The maximum atomic E-state index is 12.6. The first kappa shape index (κ1) is 16.9. The quantitative estimate of drug-likeness (QED) is 0.647. The summed E-state index contributed by atoms with van der Waals surface area (Å²) >= 11 is 0. The molecule has 4 atom stereocenters. The van der Waals surface area contributed by atoms with Gasteiger partial charge < -0.3 is 24.5 Å². The summed E-state index contributed by atoms with van der Waals surface area (Å²) in [5.41, 5.74) is 1.29. The molecule has 0 saturated carbocycles. The third-order valence-corrected chi connectivity index (χ3v) is 4.65. The zero-order chi connectivity index (χ0) is 18.3. The van der Waals surface area contributed by atoms with Crippen molar-refractivity contribution in [3.8, 4) is 11.3 Å². The number of aliphatic hydroxyl groups is 3. The van der Waals surface area contributed by atoms with Gasteiger partial charge in [-0.25, -0.2) is 0 Å². The van der Waals surface area contributed by atoms with Gasteiger partial charge in [0.1, 0.15) is 35.8 Å². The Bertz CT molecular complexity index is 981. The molecule has 1 saturated heterocycles. The van der Waals surface area contributed by atoms with Crippen molar-refractivity contribution in [1.82, 2.24) is 0 Å². The van der Waals surface area contributed by atoms with Crippen LogP contribution in [0.2, 0.25) is 0 Å². The van der Waals surface area contributed by atoms with Gasteiger partial charge in [-0.2, -0.15) is 0 Å². The monoisotopic (exact) mass is 354 g/mol. The Morgan fingerprint density at radius 3 is 2.46 bits per heavy atom. The van der Waals surface area contributed by atoms with Crippen molar-refractivity contribution in [2.45, 2.75) is 24.4 Å². The summed E-state index contributed by atoms with van der Waals surface area (Å²) in [5, 5.41) is 30.3. The predicted molar refractivity (Wildman–Crippen MR) is 94.6 cm³/mol. The van der Waals surface area contributed by atoms with Crippen molar-refractivity contribution in [2.24, 2.45) is 0 Å². The first-order chi connectivity index (χ1) is 12.6. The summed E-state index contributed by atoms with van der Waals surface area (Å²) in [5.74, 6) is 0.404. The van der Waals surface area contributed by atoms with E-state index >= 15 is 0 Å². The molecule has 1 fully saturated rings. The van der Waals surface area contributed by atoms with E-state index in [9.17, 15) is 20.1 Å². The first-order valence-corrected chi connectivity index (χ1v) is 8.34. The van der Waals surface area contributed by atoms with Crippen LogP contribution in [-0.4, -0.2) is 40.2 Å². The molecule has 6 nitrogen and oxygen atoms in total. The third-order valence-electron chi connectivity index (χ3n) is 4.65. The molecule has 1 aromatic heterocycles. The molecular formula is C20H18O6. The second-order valence-corrected chi connectivity index (χ2v) is 6.37. The van der Waals surface area contributed by atoms with E-state index in [4.69, 9.17) is 9.15 Å². The van der Waals surface area contributed by atoms with Gasteiger partial charge >= 0.3 is 0 Å². The summed E-state index contributed by atoms with van der Waals surface area (Å²) in [6.07, 6.45) is -4.75. The molecule has 0 radical (unpaired) electrons. The zero-order valence-corrected chi connectivity index (χ0v) is 13.8. The summed E-state index contributed by atoms with van der Waals surface area (Å²) in [6, 6.07) is 15.6. The Labute approximate surface area is 148 Å². The fraction of sp³-hybridized carbons (Fsp3) is 0.250. The average Bonchev–Trinajstić information content (AvgIpc) is 2.67. The molecule has 0 spiro atoms. The van der Waals surface area contributed by atoms with Gasteiger partial charge in [-0.05, 0) is 6.07 Å². The minimum atomic E-state index is -1.34. The van der Waals surface area contributed by atoms with Crippen LogP contribution in [0.5, 0.6) is 0 Å². The van der Waals surface area contributed by atoms with Crippen LogP contribution in [0.3, 0.4) is 0 Å². The standard InChI is InChI=1S/C20H18O6/c21-14-9-16(11-5-2-1-3-6-11)26-19-12(14)7-4-8-13(19)20-18(24)17(23)15(22)10-25-20/h1-9,15,17-18,20,22-24H,10H2/t15-,17-,18+,20+/m0/s1. The molecule has 0 amide bonds. The molecule has 2 aromatic carbocycles. The van der Waals surface area contributed by atoms with Crippen LogP contribution >= 0.6 is 0 Å². The van der Waals surface area contributed by atoms with Gasteiger partial charge in [-0.3, -0.25) is 4.79 Å². The van der Waals surface area contributed by atoms with Crippen LogP contribution in [0.15, 0.2) is 63.8 Å². The van der Waals surface area contributed by atoms with Crippen LogP contribution in [0.1, 0.15) is 11.7 Å². The summed E-state index contributed by atoms with van der Waals surface area (Å²) in [6.45, 7) is -0.123. The van der Waals surface area contributed by atoms with Crippen molar-refractivity contribution in [2.75, 3.05) is 6.61 Å². The molecule has 1 aliphatic rings. The molecular weight excluding hydrogens is 336 g/mol. The number of aliphatic hydroxyl groups excluding tert-OH is 3. The molecule has 4 rings (SSSR count). The first-order valence-electron chi connectivity index (χ1n) is 8.34. The van der Waals surface area contributed by atoms with Gasteiger partial charge in [0.25, 0.3) is 0 Å². The predicted octanol–water partition coefficient (Wildman–Crippen LogP) is 1.61. The van der Waals surface area contributed by atoms with E-state index in [0.29, 0.717) is 22.3 Å². The second-order valence-electron chi connectivity index (χ2n) is 6.37. The lowest BCUT2D eigenvalue weighted by atomic mass is 9.93. The van der Waals surface area contributed by atoms with Crippen molar-refractivity contribution < 1.29 is 24.5 Å². The van der Waals surface area contributed by atoms with Crippen molar-refractivity contribution in [3.63, 3.8) is 0 Å². The Kier molecular flexibility index (Phi) is 4.34. The topological polar surface area (TPSA) is 100 Å². The second kappa shape index (κ2) is 6.66. The molecule has 0 unspecified atom stereocenters. The highest BCUT2D eigenvalue weighted by Gasteiger charge is 2.39. The number of benzene rings is 2. The Hall–Kier alpha value is -2.51. The van der Waals surface area contributed by atoms with E-state index in [1.807, 2.05) is 30.3 Å². The Morgan fingerprint density at radius 2 is 1.69 bits per heavy atom. The molecule has 3 aromatic rings. The molecule has 1 aliphatic heterocycles. The van der Waals surface area contributed by atoms with Gasteiger partial charge in [0.2, 0.25) is 0 Å². The molecule has 2 heterocycles. The van der Waals surface area contributed by atoms with Gasteiger partial charge in [0.05, 0.1) is 12.0 Å². The highest BCUT2D eigenvalue weighted by molar-refractivity contribution is 5.82. The van der Waals surface area contributed by atoms with Gasteiger partial charge in [-0.15, -0.1) is 0 Å². The minimum absolute atomic E-state index is 0.123. The molecule has 0 bridgehead atoms. The summed E-state index contributed by atoms with van der Waals surface area (Å²) in [7, 11) is 0. The van der Waals surface area contributed by atoms with Crippen molar-refractivity contribution >= 4 is 11.0 Å². The number of ether oxygens (including phenoxy) is 1. The van der Waals surface area contributed by atoms with Crippen LogP contribution in [0.25, 0.3) is 22.3 Å². The molecule has 3 N–H and O–H groups in total. The molecule has 134 valence electrons. The lowest BCUT2D eigenvalue weighted by molar-refractivity contribution is -0.189. The summed E-state index contributed by atoms with van der Waals surface area (Å²) in [4.78, 5) is 12.6.